The number of nitro groups is 1. The van der Waals surface area contributed by atoms with Crippen LogP contribution in [0, 0.1) is 17.0 Å². The predicted molar refractivity (Wildman–Crippen MR) is 71.4 cm³/mol. The van der Waals surface area contributed by atoms with Gasteiger partial charge < -0.3 is 0 Å². The highest BCUT2D eigenvalue weighted by Gasteiger charge is 2.42. The first kappa shape index (κ1) is 14.0. The molecule has 2 atom stereocenters. The largest absolute Gasteiger partial charge is 0.295 e. The smallest absolute Gasteiger partial charge is 0.288 e. The predicted octanol–water partition coefficient (Wildman–Crippen LogP) is 2.06. The van der Waals surface area contributed by atoms with Gasteiger partial charge in [-0.15, -0.1) is 0 Å². The fourth-order valence-corrected chi connectivity index (χ4v) is 2.89. The number of halogens is 2. The average molecular weight is 348 g/mol. The molecule has 1 aliphatic heterocycles. The van der Waals surface area contributed by atoms with Gasteiger partial charge in [-0.3, -0.25) is 25.0 Å². The van der Waals surface area contributed by atoms with Crippen LogP contribution in [0.4, 0.5) is 5.69 Å². The third-order valence-corrected chi connectivity index (χ3v) is 4.19. The van der Waals surface area contributed by atoms with Gasteiger partial charge in [-0.25, -0.2) is 0 Å². The number of aryl methyl sites for hydroxylation is 1. The van der Waals surface area contributed by atoms with E-state index in [9.17, 15) is 19.7 Å². The van der Waals surface area contributed by atoms with E-state index in [-0.39, 0.29) is 10.7 Å². The Morgan fingerprint density at radius 2 is 2.00 bits per heavy atom. The molecule has 1 aliphatic rings. The zero-order valence-corrected chi connectivity index (χ0v) is 12.0. The summed E-state index contributed by atoms with van der Waals surface area (Å²) >= 11 is 8.98. The van der Waals surface area contributed by atoms with Crippen LogP contribution in [-0.4, -0.2) is 21.6 Å². The third-order valence-electron chi connectivity index (χ3n) is 2.94. The van der Waals surface area contributed by atoms with Crippen molar-refractivity contribution in [2.75, 3.05) is 0 Å². The zero-order valence-electron chi connectivity index (χ0n) is 9.65. The summed E-state index contributed by atoms with van der Waals surface area (Å²) in [6.07, 6.45) is 0. The monoisotopic (exact) mass is 346 g/mol. The molecule has 2 rings (SSSR count). The van der Waals surface area contributed by atoms with Gasteiger partial charge in [-0.2, -0.15) is 0 Å². The molecule has 2 unspecified atom stereocenters. The van der Waals surface area contributed by atoms with E-state index in [1.54, 1.807) is 6.92 Å². The lowest BCUT2D eigenvalue weighted by Gasteiger charge is -2.13. The Labute approximate surface area is 121 Å². The summed E-state index contributed by atoms with van der Waals surface area (Å²) in [4.78, 5) is 32.6. The minimum atomic E-state index is -0.731. The van der Waals surface area contributed by atoms with Crippen molar-refractivity contribution in [1.29, 1.82) is 0 Å². The minimum absolute atomic E-state index is 0.0579. The van der Waals surface area contributed by atoms with Crippen molar-refractivity contribution in [2.45, 2.75) is 17.7 Å². The summed E-state index contributed by atoms with van der Waals surface area (Å²) in [7, 11) is 0. The molecule has 0 bridgehead atoms. The Hall–Kier alpha value is -1.47. The van der Waals surface area contributed by atoms with Crippen LogP contribution < -0.4 is 5.32 Å². The SMILES string of the molecule is Cc1cc([N+](=O)[O-])c(Cl)cc1C1C(=O)NC(=O)C1Br. The van der Waals surface area contributed by atoms with E-state index in [4.69, 9.17) is 11.6 Å². The number of alkyl halides is 1. The number of amides is 2. The van der Waals surface area contributed by atoms with Gasteiger partial charge in [-0.1, -0.05) is 27.5 Å². The molecule has 0 spiro atoms. The number of benzene rings is 1. The number of nitrogens with one attached hydrogen (secondary N) is 1. The number of nitro benzene ring substituents is 1. The molecule has 0 aliphatic carbocycles. The van der Waals surface area contributed by atoms with E-state index in [2.05, 4.69) is 21.2 Å². The Kier molecular flexibility index (Phi) is 3.60. The standard InChI is InChI=1S/C11H8BrClN2O4/c1-4-2-7(15(18)19)6(13)3-5(4)8-9(12)11(17)14-10(8)16/h2-3,8-9H,1H3,(H,14,16,17). The number of nitrogens with zero attached hydrogens (tertiary/aromatic N) is 1. The molecule has 0 saturated carbocycles. The van der Waals surface area contributed by atoms with Crippen molar-refractivity contribution in [3.05, 3.63) is 38.4 Å². The van der Waals surface area contributed by atoms with Crippen LogP contribution in [0.15, 0.2) is 12.1 Å². The van der Waals surface area contributed by atoms with E-state index in [0.717, 1.165) is 0 Å². The van der Waals surface area contributed by atoms with Gasteiger partial charge in [0.2, 0.25) is 11.8 Å². The second kappa shape index (κ2) is 4.90. The van der Waals surface area contributed by atoms with Crippen LogP contribution >= 0.6 is 27.5 Å². The molecule has 1 N–H and O–H groups in total. The van der Waals surface area contributed by atoms with E-state index in [0.29, 0.717) is 11.1 Å². The number of carbonyl (C=O) groups excluding carboxylic acids is 2. The maximum Gasteiger partial charge on any atom is 0.288 e. The average Bonchev–Trinajstić information content (AvgIpc) is 2.56. The number of hydrogen-bond donors (Lipinski definition) is 1. The summed E-state index contributed by atoms with van der Waals surface area (Å²) in [5.74, 6) is -1.60. The summed E-state index contributed by atoms with van der Waals surface area (Å²) < 4.78 is 0. The molecule has 2 amide bonds. The molecule has 1 saturated heterocycles. The summed E-state index contributed by atoms with van der Waals surface area (Å²) in [6, 6.07) is 2.67. The first-order valence-corrected chi connectivity index (χ1v) is 6.55. The van der Waals surface area contributed by atoms with E-state index < -0.39 is 27.5 Å². The summed E-state index contributed by atoms with van der Waals surface area (Å²) in [5.41, 5.74) is 0.815. The second-order valence-corrected chi connectivity index (χ2v) is 5.54. The van der Waals surface area contributed by atoms with Crippen molar-refractivity contribution >= 4 is 45.0 Å². The molecular formula is C11H8BrClN2O4. The van der Waals surface area contributed by atoms with E-state index >= 15 is 0 Å². The highest BCUT2D eigenvalue weighted by atomic mass is 79.9. The van der Waals surface area contributed by atoms with E-state index in [1.807, 2.05) is 0 Å². The van der Waals surface area contributed by atoms with Crippen LogP contribution in [0.2, 0.25) is 5.02 Å². The highest BCUT2D eigenvalue weighted by Crippen LogP contribution is 2.36. The number of hydrogen-bond acceptors (Lipinski definition) is 4. The molecule has 1 aromatic rings. The van der Waals surface area contributed by atoms with Crippen molar-refractivity contribution < 1.29 is 14.5 Å². The topological polar surface area (TPSA) is 89.3 Å². The Balaban J connectivity index is 2.52. The number of imide groups is 1. The van der Waals surface area contributed by atoms with Gasteiger partial charge in [0.15, 0.2) is 0 Å². The summed E-state index contributed by atoms with van der Waals surface area (Å²) in [6.45, 7) is 1.63. The van der Waals surface area contributed by atoms with Gasteiger partial charge in [0.25, 0.3) is 5.69 Å². The van der Waals surface area contributed by atoms with Crippen molar-refractivity contribution in [3.8, 4) is 0 Å². The van der Waals surface area contributed by atoms with Crippen LogP contribution in [0.3, 0.4) is 0 Å². The Bertz CT molecular complexity index is 605. The number of rotatable bonds is 2. The van der Waals surface area contributed by atoms with Gasteiger partial charge >= 0.3 is 0 Å². The van der Waals surface area contributed by atoms with Gasteiger partial charge in [-0.05, 0) is 24.1 Å². The maximum atomic E-state index is 11.7. The van der Waals surface area contributed by atoms with Crippen LogP contribution in [0.25, 0.3) is 0 Å². The molecular weight excluding hydrogens is 339 g/mol. The third kappa shape index (κ3) is 2.35. The molecule has 19 heavy (non-hydrogen) atoms. The highest BCUT2D eigenvalue weighted by molar-refractivity contribution is 9.10. The zero-order chi connectivity index (χ0) is 14.3. The first-order chi connectivity index (χ1) is 8.82. The minimum Gasteiger partial charge on any atom is -0.295 e. The molecule has 1 heterocycles. The maximum absolute atomic E-state index is 11.7. The molecule has 100 valence electrons. The molecule has 0 aromatic heterocycles. The van der Waals surface area contributed by atoms with E-state index in [1.165, 1.54) is 12.1 Å². The molecule has 1 fully saturated rings. The van der Waals surface area contributed by atoms with Crippen molar-refractivity contribution in [2.24, 2.45) is 0 Å². The lowest BCUT2D eigenvalue weighted by atomic mass is 9.93. The molecule has 8 heteroatoms. The fraction of sp³-hybridized carbons (Fsp3) is 0.273. The van der Waals surface area contributed by atoms with Crippen molar-refractivity contribution in [1.82, 2.24) is 5.32 Å². The Morgan fingerprint density at radius 3 is 2.47 bits per heavy atom. The van der Waals surface area contributed by atoms with Crippen molar-refractivity contribution in [3.63, 3.8) is 0 Å². The normalized spacial score (nSPS) is 22.5. The lowest BCUT2D eigenvalue weighted by molar-refractivity contribution is -0.384. The van der Waals surface area contributed by atoms with Crippen LogP contribution in [-0.2, 0) is 9.59 Å². The van der Waals surface area contributed by atoms with Crippen LogP contribution in [0.1, 0.15) is 17.0 Å². The lowest BCUT2D eigenvalue weighted by Crippen LogP contribution is -2.22. The summed E-state index contributed by atoms with van der Waals surface area (Å²) in [5, 5.41) is 12.9. The quantitative estimate of drug-likeness (QED) is 0.384. The second-order valence-electron chi connectivity index (χ2n) is 4.15. The van der Waals surface area contributed by atoms with Crippen LogP contribution in [0.5, 0.6) is 0 Å². The molecule has 6 nitrogen and oxygen atoms in total. The van der Waals surface area contributed by atoms with Gasteiger partial charge in [0.05, 0.1) is 10.8 Å². The van der Waals surface area contributed by atoms with Gasteiger partial charge in [0.1, 0.15) is 9.85 Å². The van der Waals surface area contributed by atoms with Gasteiger partial charge in [0, 0.05) is 6.07 Å². The molecule has 1 aromatic carbocycles. The first-order valence-electron chi connectivity index (χ1n) is 5.26. The Morgan fingerprint density at radius 1 is 1.37 bits per heavy atom. The molecule has 0 radical (unpaired) electrons. The number of carbonyl (C=O) groups is 2. The fourth-order valence-electron chi connectivity index (χ4n) is 2.01.